The van der Waals surface area contributed by atoms with Crippen LogP contribution in [0.3, 0.4) is 0 Å². The quantitative estimate of drug-likeness (QED) is 0.539. The lowest BCUT2D eigenvalue weighted by Crippen LogP contribution is -2.58. The van der Waals surface area contributed by atoms with Crippen LogP contribution in [0.1, 0.15) is 99.8 Å². The van der Waals surface area contributed by atoms with Gasteiger partial charge in [0.25, 0.3) is 0 Å². The monoisotopic (exact) mass is 348 g/mol. The second kappa shape index (κ2) is 5.99. The van der Waals surface area contributed by atoms with Crippen LogP contribution in [0, 0.1) is 34.0 Å². The Morgan fingerprint density at radius 1 is 0.920 bits per heavy atom. The Labute approximate surface area is 155 Å². The predicted octanol–water partition coefficient (Wildman–Crippen LogP) is 6.38. The molecule has 0 saturated heterocycles. The topological polar surface area (TPSA) is 26.3 Å². The van der Waals surface area contributed by atoms with Crippen LogP contribution in [0.25, 0.3) is 0 Å². The predicted molar refractivity (Wildman–Crippen MR) is 103 cm³/mol. The highest BCUT2D eigenvalue weighted by Gasteiger charge is 2.59. The van der Waals surface area contributed by atoms with Crippen LogP contribution in [0.4, 0.5) is 0 Å². The molecular formula is C23H40O2. The van der Waals surface area contributed by atoms with Gasteiger partial charge in [0.05, 0.1) is 5.41 Å². The average Bonchev–Trinajstić information content (AvgIpc) is 2.43. The van der Waals surface area contributed by atoms with Crippen molar-refractivity contribution in [3.63, 3.8) is 0 Å². The molecule has 4 fully saturated rings. The number of hydrogen-bond donors (Lipinski definition) is 0. The first-order valence-corrected chi connectivity index (χ1v) is 10.6. The lowest BCUT2D eigenvalue weighted by atomic mass is 9.46. The first kappa shape index (κ1) is 19.2. The fraction of sp³-hybridized carbons (Fsp3) is 0.957. The van der Waals surface area contributed by atoms with E-state index in [1.165, 1.54) is 38.5 Å². The minimum Gasteiger partial charge on any atom is -0.459 e. The van der Waals surface area contributed by atoms with Crippen molar-refractivity contribution >= 4 is 5.97 Å². The van der Waals surface area contributed by atoms with E-state index >= 15 is 0 Å². The summed E-state index contributed by atoms with van der Waals surface area (Å²) >= 11 is 0. The number of carbonyl (C=O) groups excluding carboxylic acids is 1. The van der Waals surface area contributed by atoms with Gasteiger partial charge in [-0.15, -0.1) is 0 Å². The molecule has 1 unspecified atom stereocenters. The van der Waals surface area contributed by atoms with Gasteiger partial charge >= 0.3 is 5.97 Å². The normalized spacial score (nSPS) is 37.0. The van der Waals surface area contributed by atoms with E-state index in [1.807, 2.05) is 0 Å². The van der Waals surface area contributed by atoms with E-state index in [1.54, 1.807) is 0 Å². The standard InChI is InChI=1S/C23H40O2/c1-8-22(7,15-20(2,3)4)19(24)25-21(5,6)23-12-16-9-17(13-23)11-18(10-16)14-23/h16-18H,8-15H2,1-7H3. The van der Waals surface area contributed by atoms with Crippen LogP contribution in [0.2, 0.25) is 0 Å². The van der Waals surface area contributed by atoms with Crippen molar-refractivity contribution in [3.05, 3.63) is 0 Å². The third kappa shape index (κ3) is 3.52. The van der Waals surface area contributed by atoms with Gasteiger partial charge in [-0.25, -0.2) is 0 Å². The Hall–Kier alpha value is -0.530. The second-order valence-corrected chi connectivity index (χ2v) is 11.7. The molecule has 1 atom stereocenters. The minimum absolute atomic E-state index is 0.0330. The van der Waals surface area contributed by atoms with Gasteiger partial charge < -0.3 is 4.74 Å². The molecule has 0 radical (unpaired) electrons. The molecule has 0 spiro atoms. The van der Waals surface area contributed by atoms with Gasteiger partial charge in [-0.05, 0) is 95.3 Å². The van der Waals surface area contributed by atoms with Gasteiger partial charge in [-0.3, -0.25) is 4.79 Å². The number of carbonyl (C=O) groups is 1. The van der Waals surface area contributed by atoms with Crippen molar-refractivity contribution in [1.29, 1.82) is 0 Å². The van der Waals surface area contributed by atoms with Crippen molar-refractivity contribution in [2.75, 3.05) is 0 Å². The lowest BCUT2D eigenvalue weighted by molar-refractivity contribution is -0.208. The Morgan fingerprint density at radius 2 is 1.36 bits per heavy atom. The summed E-state index contributed by atoms with van der Waals surface area (Å²) in [4.78, 5) is 13.3. The molecule has 25 heavy (non-hydrogen) atoms. The fourth-order valence-corrected chi connectivity index (χ4v) is 6.82. The smallest absolute Gasteiger partial charge is 0.312 e. The molecule has 0 aromatic heterocycles. The molecule has 0 aromatic carbocycles. The lowest BCUT2D eigenvalue weighted by Gasteiger charge is -2.61. The van der Waals surface area contributed by atoms with Crippen LogP contribution in [0.5, 0.6) is 0 Å². The Kier molecular flexibility index (Phi) is 4.61. The van der Waals surface area contributed by atoms with Crippen LogP contribution in [0.15, 0.2) is 0 Å². The number of esters is 1. The van der Waals surface area contributed by atoms with Crippen LogP contribution >= 0.6 is 0 Å². The summed E-state index contributed by atoms with van der Waals surface area (Å²) in [6.07, 6.45) is 9.86. The van der Waals surface area contributed by atoms with E-state index in [4.69, 9.17) is 4.74 Å². The molecule has 0 N–H and O–H groups in total. The third-order valence-corrected chi connectivity index (χ3v) is 7.86. The zero-order valence-corrected chi connectivity index (χ0v) is 17.7. The zero-order chi connectivity index (χ0) is 18.7. The summed E-state index contributed by atoms with van der Waals surface area (Å²) in [6, 6.07) is 0. The fourth-order valence-electron chi connectivity index (χ4n) is 6.82. The molecule has 4 saturated carbocycles. The maximum Gasteiger partial charge on any atom is 0.312 e. The second-order valence-electron chi connectivity index (χ2n) is 11.7. The molecule has 0 aliphatic heterocycles. The zero-order valence-electron chi connectivity index (χ0n) is 17.7. The summed E-state index contributed by atoms with van der Waals surface area (Å²) in [5.74, 6) is 2.69. The van der Waals surface area contributed by atoms with E-state index in [9.17, 15) is 4.79 Å². The molecule has 0 heterocycles. The molecule has 4 aliphatic carbocycles. The van der Waals surface area contributed by atoms with Crippen molar-refractivity contribution in [2.24, 2.45) is 34.0 Å². The van der Waals surface area contributed by atoms with E-state index in [2.05, 4.69) is 48.5 Å². The molecular weight excluding hydrogens is 308 g/mol. The highest BCUT2D eigenvalue weighted by molar-refractivity contribution is 5.77. The Balaban J connectivity index is 1.78. The summed E-state index contributed by atoms with van der Waals surface area (Å²) in [5, 5.41) is 0. The van der Waals surface area contributed by atoms with E-state index in [0.717, 1.165) is 30.6 Å². The van der Waals surface area contributed by atoms with Crippen LogP contribution in [-0.2, 0) is 9.53 Å². The van der Waals surface area contributed by atoms with Crippen molar-refractivity contribution in [2.45, 2.75) is 105 Å². The molecule has 0 amide bonds. The largest absolute Gasteiger partial charge is 0.459 e. The van der Waals surface area contributed by atoms with Gasteiger partial charge in [0.2, 0.25) is 0 Å². The molecule has 144 valence electrons. The summed E-state index contributed by atoms with van der Waals surface area (Å²) < 4.78 is 6.39. The molecule has 0 aromatic rings. The van der Waals surface area contributed by atoms with Gasteiger partial charge in [0.15, 0.2) is 0 Å². The molecule has 4 bridgehead atoms. The summed E-state index contributed by atoms with van der Waals surface area (Å²) in [6.45, 7) is 15.3. The average molecular weight is 349 g/mol. The van der Waals surface area contributed by atoms with E-state index in [0.29, 0.717) is 0 Å². The third-order valence-electron chi connectivity index (χ3n) is 7.86. The van der Waals surface area contributed by atoms with Gasteiger partial charge in [-0.2, -0.15) is 0 Å². The minimum atomic E-state index is -0.377. The number of rotatable bonds is 5. The van der Waals surface area contributed by atoms with Gasteiger partial charge in [-0.1, -0.05) is 27.7 Å². The van der Waals surface area contributed by atoms with Crippen molar-refractivity contribution in [1.82, 2.24) is 0 Å². The Morgan fingerprint density at radius 3 is 1.72 bits per heavy atom. The molecule has 4 aliphatic rings. The first-order valence-electron chi connectivity index (χ1n) is 10.6. The molecule has 2 nitrogen and oxygen atoms in total. The van der Waals surface area contributed by atoms with Crippen molar-refractivity contribution in [3.8, 4) is 0 Å². The first-order chi connectivity index (χ1) is 11.4. The number of hydrogen-bond acceptors (Lipinski definition) is 2. The van der Waals surface area contributed by atoms with Crippen LogP contribution in [-0.4, -0.2) is 11.6 Å². The highest BCUT2D eigenvalue weighted by atomic mass is 16.6. The van der Waals surface area contributed by atoms with Gasteiger partial charge in [0, 0.05) is 5.41 Å². The number of ether oxygens (including phenoxy) is 1. The maximum atomic E-state index is 13.3. The SMILES string of the molecule is CCC(C)(CC(C)(C)C)C(=O)OC(C)(C)C12CC3CC(CC(C3)C1)C2. The van der Waals surface area contributed by atoms with E-state index in [-0.39, 0.29) is 27.8 Å². The van der Waals surface area contributed by atoms with Crippen LogP contribution < -0.4 is 0 Å². The van der Waals surface area contributed by atoms with E-state index < -0.39 is 0 Å². The molecule has 4 rings (SSSR count). The van der Waals surface area contributed by atoms with Crippen molar-refractivity contribution < 1.29 is 9.53 Å². The summed E-state index contributed by atoms with van der Waals surface area (Å²) in [7, 11) is 0. The summed E-state index contributed by atoms with van der Waals surface area (Å²) in [5.41, 5.74) is -0.353. The molecule has 2 heteroatoms. The maximum absolute atomic E-state index is 13.3. The Bertz CT molecular complexity index is 489. The van der Waals surface area contributed by atoms with Gasteiger partial charge in [0.1, 0.15) is 5.60 Å². The highest BCUT2D eigenvalue weighted by Crippen LogP contribution is 2.64.